The highest BCUT2D eigenvalue weighted by Crippen LogP contribution is 2.20. The number of nitrogens with zero attached hydrogens (tertiary/aromatic N) is 3. The Labute approximate surface area is 96.2 Å². The zero-order chi connectivity index (χ0) is 10.7. The van der Waals surface area contributed by atoms with Crippen molar-refractivity contribution in [1.82, 2.24) is 15.0 Å². The first-order valence-electron chi connectivity index (χ1n) is 4.66. The smallest absolute Gasteiger partial charge is 0.113 e. The SMILES string of the molecule is NCCn1cc(-c2cccc(Br)c2)nn1. The van der Waals surface area contributed by atoms with Crippen LogP contribution in [0.3, 0.4) is 0 Å². The van der Waals surface area contributed by atoms with Gasteiger partial charge in [0.15, 0.2) is 0 Å². The van der Waals surface area contributed by atoms with Crippen LogP contribution in [-0.4, -0.2) is 21.5 Å². The quantitative estimate of drug-likeness (QED) is 0.920. The van der Waals surface area contributed by atoms with E-state index in [0.29, 0.717) is 13.1 Å². The van der Waals surface area contributed by atoms with Gasteiger partial charge >= 0.3 is 0 Å². The lowest BCUT2D eigenvalue weighted by molar-refractivity contribution is 0.598. The Bertz CT molecular complexity index is 452. The van der Waals surface area contributed by atoms with Crippen molar-refractivity contribution in [2.45, 2.75) is 6.54 Å². The number of hydrogen-bond acceptors (Lipinski definition) is 3. The summed E-state index contributed by atoms with van der Waals surface area (Å²) in [7, 11) is 0. The van der Waals surface area contributed by atoms with E-state index in [0.717, 1.165) is 15.7 Å². The molecule has 2 aromatic rings. The molecule has 0 spiro atoms. The summed E-state index contributed by atoms with van der Waals surface area (Å²) < 4.78 is 2.78. The number of nitrogens with two attached hydrogens (primary N) is 1. The van der Waals surface area contributed by atoms with Gasteiger partial charge in [-0.15, -0.1) is 5.10 Å². The highest BCUT2D eigenvalue weighted by atomic mass is 79.9. The Hall–Kier alpha value is -1.20. The minimum atomic E-state index is 0.571. The third kappa shape index (κ3) is 2.43. The summed E-state index contributed by atoms with van der Waals surface area (Å²) in [5.74, 6) is 0. The Kier molecular flexibility index (Phi) is 3.13. The molecule has 0 bridgehead atoms. The molecule has 0 fully saturated rings. The van der Waals surface area contributed by atoms with E-state index in [9.17, 15) is 0 Å². The molecule has 0 amide bonds. The number of benzene rings is 1. The molecule has 2 rings (SSSR count). The molecule has 0 aliphatic rings. The van der Waals surface area contributed by atoms with Crippen LogP contribution in [0, 0.1) is 0 Å². The molecule has 1 aromatic heterocycles. The molecule has 0 radical (unpaired) electrons. The van der Waals surface area contributed by atoms with Crippen LogP contribution in [-0.2, 0) is 6.54 Å². The van der Waals surface area contributed by atoms with Crippen molar-refractivity contribution in [1.29, 1.82) is 0 Å². The van der Waals surface area contributed by atoms with Gasteiger partial charge in [-0.05, 0) is 12.1 Å². The Morgan fingerprint density at radius 2 is 2.27 bits per heavy atom. The summed E-state index contributed by atoms with van der Waals surface area (Å²) in [4.78, 5) is 0. The fraction of sp³-hybridized carbons (Fsp3) is 0.200. The largest absolute Gasteiger partial charge is 0.329 e. The summed E-state index contributed by atoms with van der Waals surface area (Å²) >= 11 is 3.42. The lowest BCUT2D eigenvalue weighted by Crippen LogP contribution is -2.10. The second-order valence-corrected chi connectivity index (χ2v) is 4.08. The molecule has 0 atom stereocenters. The maximum absolute atomic E-state index is 5.44. The minimum Gasteiger partial charge on any atom is -0.329 e. The van der Waals surface area contributed by atoms with E-state index in [2.05, 4.69) is 26.2 Å². The third-order valence-electron chi connectivity index (χ3n) is 2.02. The van der Waals surface area contributed by atoms with Crippen LogP contribution in [0.25, 0.3) is 11.3 Å². The number of halogens is 1. The van der Waals surface area contributed by atoms with Crippen molar-refractivity contribution in [2.24, 2.45) is 5.73 Å². The van der Waals surface area contributed by atoms with E-state index < -0.39 is 0 Å². The Morgan fingerprint density at radius 3 is 3.00 bits per heavy atom. The molecule has 0 aliphatic carbocycles. The number of rotatable bonds is 3. The van der Waals surface area contributed by atoms with Crippen LogP contribution in [0.1, 0.15) is 0 Å². The Balaban J connectivity index is 2.29. The molecular weight excluding hydrogens is 256 g/mol. The van der Waals surface area contributed by atoms with Gasteiger partial charge < -0.3 is 5.73 Å². The van der Waals surface area contributed by atoms with Crippen molar-refractivity contribution in [3.8, 4) is 11.3 Å². The summed E-state index contributed by atoms with van der Waals surface area (Å²) in [6.07, 6.45) is 1.90. The zero-order valence-corrected chi connectivity index (χ0v) is 9.68. The molecule has 4 nitrogen and oxygen atoms in total. The molecule has 15 heavy (non-hydrogen) atoms. The van der Waals surface area contributed by atoms with Crippen molar-refractivity contribution < 1.29 is 0 Å². The molecule has 0 saturated carbocycles. The van der Waals surface area contributed by atoms with Gasteiger partial charge in [0, 0.05) is 16.6 Å². The van der Waals surface area contributed by atoms with Crippen molar-refractivity contribution >= 4 is 15.9 Å². The second kappa shape index (κ2) is 4.55. The van der Waals surface area contributed by atoms with Crippen molar-refractivity contribution in [2.75, 3.05) is 6.54 Å². The molecule has 1 aromatic carbocycles. The standard InChI is InChI=1S/C10H11BrN4/c11-9-3-1-2-8(6-9)10-7-15(5-4-12)14-13-10/h1-3,6-7H,4-5,12H2. The highest BCUT2D eigenvalue weighted by Gasteiger charge is 2.03. The van der Waals surface area contributed by atoms with E-state index in [4.69, 9.17) is 5.73 Å². The van der Waals surface area contributed by atoms with E-state index >= 15 is 0 Å². The molecule has 1 heterocycles. The predicted octanol–water partition coefficient (Wildman–Crippen LogP) is 1.67. The predicted molar refractivity (Wildman–Crippen MR) is 62.2 cm³/mol. The van der Waals surface area contributed by atoms with Gasteiger partial charge in [-0.25, -0.2) is 0 Å². The van der Waals surface area contributed by atoms with Gasteiger partial charge in [0.1, 0.15) is 5.69 Å². The average Bonchev–Trinajstić information content (AvgIpc) is 2.67. The van der Waals surface area contributed by atoms with Crippen LogP contribution in [0.4, 0.5) is 0 Å². The van der Waals surface area contributed by atoms with Gasteiger partial charge in [0.25, 0.3) is 0 Å². The maximum atomic E-state index is 5.44. The van der Waals surface area contributed by atoms with Crippen LogP contribution in [0.5, 0.6) is 0 Å². The first kappa shape index (κ1) is 10.3. The van der Waals surface area contributed by atoms with E-state index in [-0.39, 0.29) is 0 Å². The van der Waals surface area contributed by atoms with Gasteiger partial charge in [-0.1, -0.05) is 33.3 Å². The van der Waals surface area contributed by atoms with Crippen LogP contribution in [0.2, 0.25) is 0 Å². The molecule has 2 N–H and O–H groups in total. The summed E-state index contributed by atoms with van der Waals surface area (Å²) in [5, 5.41) is 8.07. The van der Waals surface area contributed by atoms with Gasteiger partial charge in [0.2, 0.25) is 0 Å². The summed E-state index contributed by atoms with van der Waals surface area (Å²) in [6, 6.07) is 7.97. The molecule has 5 heteroatoms. The first-order chi connectivity index (χ1) is 7.29. The fourth-order valence-electron chi connectivity index (χ4n) is 1.32. The van der Waals surface area contributed by atoms with Crippen LogP contribution >= 0.6 is 15.9 Å². The average molecular weight is 267 g/mol. The Morgan fingerprint density at radius 1 is 1.40 bits per heavy atom. The third-order valence-corrected chi connectivity index (χ3v) is 2.51. The molecule has 0 aliphatic heterocycles. The molecular formula is C10H11BrN4. The molecule has 78 valence electrons. The topological polar surface area (TPSA) is 56.7 Å². The van der Waals surface area contributed by atoms with Crippen molar-refractivity contribution in [3.05, 3.63) is 34.9 Å². The monoisotopic (exact) mass is 266 g/mol. The van der Waals surface area contributed by atoms with Gasteiger partial charge in [0.05, 0.1) is 12.7 Å². The highest BCUT2D eigenvalue weighted by molar-refractivity contribution is 9.10. The normalized spacial score (nSPS) is 10.5. The maximum Gasteiger partial charge on any atom is 0.113 e. The lowest BCUT2D eigenvalue weighted by atomic mass is 10.2. The van der Waals surface area contributed by atoms with Crippen LogP contribution in [0.15, 0.2) is 34.9 Å². The fourth-order valence-corrected chi connectivity index (χ4v) is 1.72. The summed E-state index contributed by atoms with van der Waals surface area (Å²) in [6.45, 7) is 1.27. The lowest BCUT2D eigenvalue weighted by Gasteiger charge is -1.96. The number of hydrogen-bond donors (Lipinski definition) is 1. The zero-order valence-electron chi connectivity index (χ0n) is 8.10. The minimum absolute atomic E-state index is 0.571. The van der Waals surface area contributed by atoms with Gasteiger partial charge in [-0.2, -0.15) is 0 Å². The van der Waals surface area contributed by atoms with Crippen molar-refractivity contribution in [3.63, 3.8) is 0 Å². The number of aromatic nitrogens is 3. The summed E-state index contributed by atoms with van der Waals surface area (Å²) in [5.41, 5.74) is 7.35. The second-order valence-electron chi connectivity index (χ2n) is 3.17. The first-order valence-corrected chi connectivity index (χ1v) is 5.45. The van der Waals surface area contributed by atoms with E-state index in [1.165, 1.54) is 0 Å². The molecule has 0 saturated heterocycles. The molecule has 0 unspecified atom stereocenters. The van der Waals surface area contributed by atoms with Gasteiger partial charge in [-0.3, -0.25) is 4.68 Å². The van der Waals surface area contributed by atoms with E-state index in [1.54, 1.807) is 4.68 Å². The van der Waals surface area contributed by atoms with Crippen LogP contribution < -0.4 is 5.73 Å². The van der Waals surface area contributed by atoms with E-state index in [1.807, 2.05) is 30.5 Å².